The van der Waals surface area contributed by atoms with Crippen LogP contribution in [0.25, 0.3) is 0 Å². The second-order valence-electron chi connectivity index (χ2n) is 5.68. The standard InChI is InChI=1S/C15H22BrClO/c1-5-18-14-7-6-11(16)10-12(14)13(17)8-9-15(2,3)4/h6-7,10,13H,5,8-9H2,1-4H3. The average Bonchev–Trinajstić information content (AvgIpc) is 2.27. The van der Waals surface area contributed by atoms with Crippen molar-refractivity contribution in [2.45, 2.75) is 45.9 Å². The molecule has 0 saturated carbocycles. The van der Waals surface area contributed by atoms with Gasteiger partial charge >= 0.3 is 0 Å². The number of ether oxygens (including phenoxy) is 1. The van der Waals surface area contributed by atoms with Crippen LogP contribution in [0.5, 0.6) is 5.75 Å². The van der Waals surface area contributed by atoms with Crippen molar-refractivity contribution in [1.29, 1.82) is 0 Å². The Morgan fingerprint density at radius 2 is 2.00 bits per heavy atom. The Bertz CT molecular complexity index is 385. The van der Waals surface area contributed by atoms with Gasteiger partial charge in [-0.15, -0.1) is 11.6 Å². The Hall–Kier alpha value is -0.210. The van der Waals surface area contributed by atoms with E-state index in [1.807, 2.05) is 19.1 Å². The maximum absolute atomic E-state index is 6.52. The van der Waals surface area contributed by atoms with E-state index in [1.165, 1.54) is 0 Å². The number of benzene rings is 1. The lowest BCUT2D eigenvalue weighted by Gasteiger charge is -2.21. The van der Waals surface area contributed by atoms with Gasteiger partial charge in [-0.25, -0.2) is 0 Å². The summed E-state index contributed by atoms with van der Waals surface area (Å²) < 4.78 is 6.68. The van der Waals surface area contributed by atoms with Crippen molar-refractivity contribution in [2.75, 3.05) is 6.61 Å². The molecule has 1 atom stereocenters. The Morgan fingerprint density at radius 3 is 2.56 bits per heavy atom. The van der Waals surface area contributed by atoms with Crippen molar-refractivity contribution in [3.63, 3.8) is 0 Å². The summed E-state index contributed by atoms with van der Waals surface area (Å²) >= 11 is 10.0. The molecule has 1 unspecified atom stereocenters. The number of halogens is 2. The van der Waals surface area contributed by atoms with Crippen LogP contribution in [-0.2, 0) is 0 Å². The minimum absolute atomic E-state index is 0.00303. The van der Waals surface area contributed by atoms with Crippen LogP contribution in [-0.4, -0.2) is 6.61 Å². The zero-order valence-electron chi connectivity index (χ0n) is 11.6. The molecule has 0 N–H and O–H groups in total. The van der Waals surface area contributed by atoms with Crippen molar-refractivity contribution >= 4 is 27.5 Å². The van der Waals surface area contributed by atoms with Crippen LogP contribution in [0.4, 0.5) is 0 Å². The molecule has 0 saturated heterocycles. The SMILES string of the molecule is CCOc1ccc(Br)cc1C(Cl)CCC(C)(C)C. The van der Waals surface area contributed by atoms with Crippen LogP contribution < -0.4 is 4.74 Å². The predicted octanol–water partition coefficient (Wildman–Crippen LogP) is 5.95. The minimum atomic E-state index is 0.00303. The summed E-state index contributed by atoms with van der Waals surface area (Å²) in [4.78, 5) is 0. The fourth-order valence-electron chi connectivity index (χ4n) is 1.77. The number of hydrogen-bond acceptors (Lipinski definition) is 1. The Labute approximate surface area is 124 Å². The van der Waals surface area contributed by atoms with Gasteiger partial charge in [-0.1, -0.05) is 36.7 Å². The lowest BCUT2D eigenvalue weighted by molar-refractivity contribution is 0.331. The van der Waals surface area contributed by atoms with Gasteiger partial charge in [0.2, 0.25) is 0 Å². The number of hydrogen-bond donors (Lipinski definition) is 0. The Kier molecular flexibility index (Phi) is 6.00. The minimum Gasteiger partial charge on any atom is -0.494 e. The van der Waals surface area contributed by atoms with Gasteiger partial charge < -0.3 is 4.74 Å². The monoisotopic (exact) mass is 332 g/mol. The van der Waals surface area contributed by atoms with Gasteiger partial charge in [0.05, 0.1) is 12.0 Å². The maximum Gasteiger partial charge on any atom is 0.124 e. The molecule has 3 heteroatoms. The van der Waals surface area contributed by atoms with Gasteiger partial charge in [-0.3, -0.25) is 0 Å². The van der Waals surface area contributed by atoms with E-state index in [4.69, 9.17) is 16.3 Å². The third-order valence-electron chi connectivity index (χ3n) is 2.76. The summed E-state index contributed by atoms with van der Waals surface area (Å²) in [5, 5.41) is 0.00303. The lowest BCUT2D eigenvalue weighted by Crippen LogP contribution is -2.07. The molecule has 0 spiro atoms. The summed E-state index contributed by atoms with van der Waals surface area (Å²) in [5.74, 6) is 0.898. The fraction of sp³-hybridized carbons (Fsp3) is 0.600. The van der Waals surface area contributed by atoms with Crippen LogP contribution in [0.2, 0.25) is 0 Å². The highest BCUT2D eigenvalue weighted by molar-refractivity contribution is 9.10. The van der Waals surface area contributed by atoms with Crippen molar-refractivity contribution in [3.05, 3.63) is 28.2 Å². The lowest BCUT2D eigenvalue weighted by atomic mass is 9.89. The maximum atomic E-state index is 6.52. The van der Waals surface area contributed by atoms with Crippen LogP contribution in [0.3, 0.4) is 0 Å². The quantitative estimate of drug-likeness (QED) is 0.605. The zero-order valence-corrected chi connectivity index (χ0v) is 13.9. The molecular formula is C15H22BrClO. The molecule has 0 fully saturated rings. The van der Waals surface area contributed by atoms with Crippen molar-refractivity contribution in [2.24, 2.45) is 5.41 Å². The molecular weight excluding hydrogens is 312 g/mol. The van der Waals surface area contributed by atoms with Gasteiger partial charge in [-0.2, -0.15) is 0 Å². The van der Waals surface area contributed by atoms with Gasteiger partial charge in [-0.05, 0) is 43.4 Å². The van der Waals surface area contributed by atoms with Crippen LogP contribution in [0.1, 0.15) is 51.5 Å². The van der Waals surface area contributed by atoms with Crippen molar-refractivity contribution < 1.29 is 4.74 Å². The summed E-state index contributed by atoms with van der Waals surface area (Å²) in [6.07, 6.45) is 2.06. The molecule has 1 aromatic carbocycles. The van der Waals surface area contributed by atoms with Crippen LogP contribution >= 0.6 is 27.5 Å². The molecule has 102 valence electrons. The fourth-order valence-corrected chi connectivity index (χ4v) is 2.42. The first-order valence-corrected chi connectivity index (χ1v) is 7.63. The van der Waals surface area contributed by atoms with Crippen molar-refractivity contribution in [3.8, 4) is 5.75 Å². The first-order chi connectivity index (χ1) is 8.33. The van der Waals surface area contributed by atoms with Crippen molar-refractivity contribution in [1.82, 2.24) is 0 Å². The molecule has 0 bridgehead atoms. The van der Waals surface area contributed by atoms with E-state index in [9.17, 15) is 0 Å². The van der Waals surface area contributed by atoms with Crippen LogP contribution in [0, 0.1) is 5.41 Å². The first-order valence-electron chi connectivity index (χ1n) is 6.40. The summed E-state index contributed by atoms with van der Waals surface area (Å²) in [7, 11) is 0. The van der Waals surface area contributed by atoms with E-state index in [0.717, 1.165) is 28.6 Å². The summed E-state index contributed by atoms with van der Waals surface area (Å²) in [5.41, 5.74) is 1.39. The van der Waals surface area contributed by atoms with E-state index < -0.39 is 0 Å². The molecule has 0 aliphatic heterocycles. The molecule has 0 aromatic heterocycles. The smallest absolute Gasteiger partial charge is 0.124 e. The second kappa shape index (κ2) is 6.81. The number of alkyl halides is 1. The Balaban J connectivity index is 2.82. The third kappa shape index (κ3) is 5.19. The highest BCUT2D eigenvalue weighted by atomic mass is 79.9. The zero-order chi connectivity index (χ0) is 13.8. The normalized spacial score (nSPS) is 13.4. The Morgan fingerprint density at radius 1 is 1.33 bits per heavy atom. The average molecular weight is 334 g/mol. The van der Waals surface area contributed by atoms with E-state index in [2.05, 4.69) is 42.8 Å². The summed E-state index contributed by atoms with van der Waals surface area (Å²) in [6, 6.07) is 6.03. The van der Waals surface area contributed by atoms with E-state index >= 15 is 0 Å². The third-order valence-corrected chi connectivity index (χ3v) is 3.70. The molecule has 1 rings (SSSR count). The van der Waals surface area contributed by atoms with Gasteiger partial charge in [0.15, 0.2) is 0 Å². The van der Waals surface area contributed by atoms with Crippen LogP contribution in [0.15, 0.2) is 22.7 Å². The molecule has 0 heterocycles. The van der Waals surface area contributed by atoms with E-state index in [1.54, 1.807) is 0 Å². The predicted molar refractivity (Wildman–Crippen MR) is 82.6 cm³/mol. The van der Waals surface area contributed by atoms with E-state index in [-0.39, 0.29) is 5.38 Å². The van der Waals surface area contributed by atoms with Gasteiger partial charge in [0, 0.05) is 10.0 Å². The van der Waals surface area contributed by atoms with Gasteiger partial charge in [0.1, 0.15) is 5.75 Å². The molecule has 1 aromatic rings. The molecule has 0 amide bonds. The molecule has 0 aliphatic carbocycles. The first kappa shape index (κ1) is 15.8. The number of rotatable bonds is 5. The highest BCUT2D eigenvalue weighted by Gasteiger charge is 2.18. The topological polar surface area (TPSA) is 9.23 Å². The molecule has 1 nitrogen and oxygen atoms in total. The molecule has 0 aliphatic rings. The van der Waals surface area contributed by atoms with Gasteiger partial charge in [0.25, 0.3) is 0 Å². The molecule has 18 heavy (non-hydrogen) atoms. The highest BCUT2D eigenvalue weighted by Crippen LogP contribution is 2.37. The summed E-state index contributed by atoms with van der Waals surface area (Å²) in [6.45, 7) is 9.37. The second-order valence-corrected chi connectivity index (χ2v) is 7.12. The largest absolute Gasteiger partial charge is 0.494 e. The van der Waals surface area contributed by atoms with E-state index in [0.29, 0.717) is 12.0 Å². The molecule has 0 radical (unpaired) electrons.